The molecule has 20 heavy (non-hydrogen) atoms. The second-order valence-corrected chi connectivity index (χ2v) is 4.02. The van der Waals surface area contributed by atoms with Gasteiger partial charge in [-0.2, -0.15) is 0 Å². The van der Waals surface area contributed by atoms with Crippen LogP contribution < -0.4 is 16.4 Å². The van der Waals surface area contributed by atoms with Crippen molar-refractivity contribution in [3.63, 3.8) is 0 Å². The molecule has 7 nitrogen and oxygen atoms in total. The summed E-state index contributed by atoms with van der Waals surface area (Å²) in [6.45, 7) is 0.0203. The van der Waals surface area contributed by atoms with E-state index in [0.29, 0.717) is 5.56 Å². The normalized spacial score (nSPS) is 11.4. The lowest BCUT2D eigenvalue weighted by Gasteiger charge is -2.13. The Kier molecular flexibility index (Phi) is 5.45. The number of primary amides is 1. The van der Waals surface area contributed by atoms with Crippen molar-refractivity contribution in [1.29, 1.82) is 0 Å². The van der Waals surface area contributed by atoms with E-state index < -0.39 is 36.2 Å². The molecule has 3 amide bonds. The van der Waals surface area contributed by atoms with Gasteiger partial charge >= 0.3 is 12.0 Å². The molecule has 0 saturated heterocycles. The number of urea groups is 1. The fraction of sp³-hybridized carbons (Fsp3) is 0.250. The minimum Gasteiger partial charge on any atom is -0.480 e. The molecule has 5 N–H and O–H groups in total. The second-order valence-electron chi connectivity index (χ2n) is 4.02. The van der Waals surface area contributed by atoms with Gasteiger partial charge in [-0.05, 0) is 17.7 Å². The minimum atomic E-state index is -1.40. The highest BCUT2D eigenvalue weighted by molar-refractivity contribution is 5.87. The van der Waals surface area contributed by atoms with Gasteiger partial charge in [0.05, 0.1) is 6.42 Å². The molecule has 0 heterocycles. The molecule has 1 aromatic carbocycles. The van der Waals surface area contributed by atoms with Crippen LogP contribution >= 0.6 is 0 Å². The fourth-order valence-corrected chi connectivity index (χ4v) is 1.44. The SMILES string of the molecule is NC(=O)C[C@H](NC(=O)NCc1cccc(F)c1)C(=O)O. The summed E-state index contributed by atoms with van der Waals surface area (Å²) in [7, 11) is 0. The lowest BCUT2D eigenvalue weighted by atomic mass is 10.2. The van der Waals surface area contributed by atoms with Gasteiger partial charge in [0.25, 0.3) is 0 Å². The van der Waals surface area contributed by atoms with Gasteiger partial charge in [0.1, 0.15) is 11.9 Å². The highest BCUT2D eigenvalue weighted by Crippen LogP contribution is 2.02. The van der Waals surface area contributed by atoms with E-state index in [9.17, 15) is 18.8 Å². The highest BCUT2D eigenvalue weighted by atomic mass is 19.1. The summed E-state index contributed by atoms with van der Waals surface area (Å²) < 4.78 is 12.9. The van der Waals surface area contributed by atoms with Gasteiger partial charge in [-0.3, -0.25) is 4.79 Å². The van der Waals surface area contributed by atoms with Crippen molar-refractivity contribution in [2.45, 2.75) is 19.0 Å². The van der Waals surface area contributed by atoms with Gasteiger partial charge < -0.3 is 21.5 Å². The number of benzene rings is 1. The number of aliphatic carboxylic acids is 1. The number of hydrogen-bond acceptors (Lipinski definition) is 3. The van der Waals surface area contributed by atoms with Crippen molar-refractivity contribution >= 4 is 17.9 Å². The van der Waals surface area contributed by atoms with Crippen molar-refractivity contribution in [3.8, 4) is 0 Å². The lowest BCUT2D eigenvalue weighted by Crippen LogP contribution is -2.47. The van der Waals surface area contributed by atoms with E-state index in [0.717, 1.165) is 0 Å². The Morgan fingerprint density at radius 3 is 2.60 bits per heavy atom. The van der Waals surface area contributed by atoms with E-state index in [4.69, 9.17) is 10.8 Å². The van der Waals surface area contributed by atoms with E-state index in [1.54, 1.807) is 6.07 Å². The predicted octanol–water partition coefficient (Wildman–Crippen LogP) is -0.0465. The Balaban J connectivity index is 2.49. The van der Waals surface area contributed by atoms with E-state index in [2.05, 4.69) is 10.6 Å². The van der Waals surface area contributed by atoms with Gasteiger partial charge in [-0.1, -0.05) is 12.1 Å². The molecule has 0 aliphatic rings. The third kappa shape index (κ3) is 5.34. The zero-order valence-corrected chi connectivity index (χ0v) is 10.4. The molecular formula is C12H14FN3O4. The smallest absolute Gasteiger partial charge is 0.326 e. The summed E-state index contributed by atoms with van der Waals surface area (Å²) in [5, 5.41) is 13.2. The number of hydrogen-bond donors (Lipinski definition) is 4. The first-order valence-corrected chi connectivity index (χ1v) is 5.68. The lowest BCUT2D eigenvalue weighted by molar-refractivity contribution is -0.140. The Labute approximate surface area is 114 Å². The van der Waals surface area contributed by atoms with Crippen LogP contribution in [0.5, 0.6) is 0 Å². The molecule has 0 aromatic heterocycles. The number of halogens is 1. The standard InChI is InChI=1S/C12H14FN3O4/c13-8-3-1-2-7(4-8)6-15-12(20)16-9(11(18)19)5-10(14)17/h1-4,9H,5-6H2,(H2,14,17)(H,18,19)(H2,15,16,20)/t9-/m0/s1. The zero-order valence-electron chi connectivity index (χ0n) is 10.4. The maximum atomic E-state index is 12.9. The van der Waals surface area contributed by atoms with E-state index >= 15 is 0 Å². The molecule has 1 atom stereocenters. The average Bonchev–Trinajstić information content (AvgIpc) is 2.35. The molecule has 1 aromatic rings. The number of nitrogens with two attached hydrogens (primary N) is 1. The second kappa shape index (κ2) is 7.07. The van der Waals surface area contributed by atoms with E-state index in [1.165, 1.54) is 18.2 Å². The minimum absolute atomic E-state index is 0.0203. The Bertz CT molecular complexity index is 521. The van der Waals surface area contributed by atoms with Crippen LogP contribution in [0.4, 0.5) is 9.18 Å². The summed E-state index contributed by atoms with van der Waals surface area (Å²) in [6.07, 6.45) is -0.511. The summed E-state index contributed by atoms with van der Waals surface area (Å²) >= 11 is 0. The monoisotopic (exact) mass is 283 g/mol. The third-order valence-electron chi connectivity index (χ3n) is 2.35. The van der Waals surface area contributed by atoms with Crippen LogP contribution in [0, 0.1) is 5.82 Å². The summed E-state index contributed by atoms with van der Waals surface area (Å²) in [5.41, 5.74) is 5.39. The van der Waals surface area contributed by atoms with Crippen LogP contribution in [0.15, 0.2) is 24.3 Å². The molecule has 0 saturated carbocycles. The maximum absolute atomic E-state index is 12.9. The largest absolute Gasteiger partial charge is 0.480 e. The molecule has 0 unspecified atom stereocenters. The number of carboxylic acid groups (broad SMARTS) is 1. The van der Waals surface area contributed by atoms with E-state index in [1.807, 2.05) is 0 Å². The van der Waals surface area contributed by atoms with Crippen LogP contribution in [-0.4, -0.2) is 29.1 Å². The van der Waals surface area contributed by atoms with Gasteiger partial charge in [0.2, 0.25) is 5.91 Å². The molecule has 0 aliphatic heterocycles. The van der Waals surface area contributed by atoms with Gasteiger partial charge in [-0.15, -0.1) is 0 Å². The Morgan fingerprint density at radius 1 is 1.35 bits per heavy atom. The summed E-state index contributed by atoms with van der Waals surface area (Å²) in [4.78, 5) is 32.9. The molecule has 0 spiro atoms. The van der Waals surface area contributed by atoms with E-state index in [-0.39, 0.29) is 6.54 Å². The zero-order chi connectivity index (χ0) is 15.1. The van der Waals surface area contributed by atoms with Crippen molar-refractivity contribution in [2.24, 2.45) is 5.73 Å². The first kappa shape index (κ1) is 15.4. The quantitative estimate of drug-likeness (QED) is 0.585. The van der Waals surface area contributed by atoms with Crippen molar-refractivity contribution in [3.05, 3.63) is 35.6 Å². The van der Waals surface area contributed by atoms with Crippen LogP contribution in [0.2, 0.25) is 0 Å². The molecule has 108 valence electrons. The summed E-state index contributed by atoms with van der Waals surface area (Å²) in [5.74, 6) is -2.66. The van der Waals surface area contributed by atoms with Crippen LogP contribution in [0.25, 0.3) is 0 Å². The molecule has 0 radical (unpaired) electrons. The van der Waals surface area contributed by atoms with Crippen LogP contribution in [0.3, 0.4) is 0 Å². The van der Waals surface area contributed by atoms with Crippen molar-refractivity contribution in [2.75, 3.05) is 0 Å². The van der Waals surface area contributed by atoms with Gasteiger partial charge in [0, 0.05) is 6.54 Å². The van der Waals surface area contributed by atoms with Crippen LogP contribution in [-0.2, 0) is 16.1 Å². The third-order valence-corrected chi connectivity index (χ3v) is 2.35. The predicted molar refractivity (Wildman–Crippen MR) is 67.0 cm³/mol. The number of nitrogens with one attached hydrogen (secondary N) is 2. The summed E-state index contributed by atoms with van der Waals surface area (Å²) in [6, 6.07) is 3.39. The molecule has 0 bridgehead atoms. The molecule has 8 heteroatoms. The Morgan fingerprint density at radius 2 is 2.05 bits per heavy atom. The number of rotatable bonds is 6. The number of amides is 3. The molecular weight excluding hydrogens is 269 g/mol. The average molecular weight is 283 g/mol. The number of carbonyl (C=O) groups is 3. The maximum Gasteiger partial charge on any atom is 0.326 e. The van der Waals surface area contributed by atoms with Gasteiger partial charge in [-0.25, -0.2) is 14.0 Å². The van der Waals surface area contributed by atoms with Crippen molar-refractivity contribution in [1.82, 2.24) is 10.6 Å². The van der Waals surface area contributed by atoms with Crippen LogP contribution in [0.1, 0.15) is 12.0 Å². The number of carboxylic acids is 1. The van der Waals surface area contributed by atoms with Gasteiger partial charge in [0.15, 0.2) is 0 Å². The molecule has 0 aliphatic carbocycles. The topological polar surface area (TPSA) is 122 Å². The number of carbonyl (C=O) groups excluding carboxylic acids is 2. The molecule has 0 fully saturated rings. The first-order valence-electron chi connectivity index (χ1n) is 5.68. The van der Waals surface area contributed by atoms with Crippen molar-refractivity contribution < 1.29 is 23.9 Å². The Hall–Kier alpha value is -2.64. The first-order chi connectivity index (χ1) is 9.38. The molecule has 1 rings (SSSR count). The fourth-order valence-electron chi connectivity index (χ4n) is 1.44. The highest BCUT2D eigenvalue weighted by Gasteiger charge is 2.21.